The van der Waals surface area contributed by atoms with Gasteiger partial charge in [0.15, 0.2) is 42.9 Å². The maximum Gasteiger partial charge on any atom is 0.332 e. The smallest absolute Gasteiger partial charge is 0.332 e. The highest BCUT2D eigenvalue weighted by molar-refractivity contribution is 7.92. The number of amides is 4. The number of hydrogen-bond acceptors (Lipinski definition) is 14. The van der Waals surface area contributed by atoms with E-state index in [2.05, 4.69) is 0 Å². The number of carbonyl (C=O) groups excluding carboxylic acids is 6. The summed E-state index contributed by atoms with van der Waals surface area (Å²) in [6.45, 7) is 6.05. The average molecular weight is 1150 g/mol. The van der Waals surface area contributed by atoms with Crippen LogP contribution in [0.5, 0.6) is 0 Å². The van der Waals surface area contributed by atoms with Crippen molar-refractivity contribution in [3.05, 3.63) is 82.4 Å². The number of likely N-dealkylation sites (N-methyl/N-ethyl adjacent to an activating group) is 2. The summed E-state index contributed by atoms with van der Waals surface area (Å²) >= 11 is 0. The van der Waals surface area contributed by atoms with Gasteiger partial charge in [-0.3, -0.25) is 19.2 Å². The molecular weight excluding hydrogens is 1080 g/mol. The second-order valence-corrected chi connectivity index (χ2v) is 24.7. The molecule has 0 radical (unpaired) electrons. The van der Waals surface area contributed by atoms with Crippen molar-refractivity contribution in [3.8, 4) is 0 Å². The van der Waals surface area contributed by atoms with Gasteiger partial charge in [-0.15, -0.1) is 0 Å². The van der Waals surface area contributed by atoms with Crippen molar-refractivity contribution < 1.29 is 81.4 Å². The van der Waals surface area contributed by atoms with E-state index in [0.717, 1.165) is 21.9 Å². The molecule has 4 heterocycles. The number of rotatable bonds is 24. The van der Waals surface area contributed by atoms with Crippen LogP contribution in [0.15, 0.2) is 36.4 Å². The lowest BCUT2D eigenvalue weighted by Gasteiger charge is -2.41. The molecule has 18 nitrogen and oxygen atoms in total. The lowest BCUT2D eigenvalue weighted by atomic mass is 9.82. The first-order chi connectivity index (χ1) is 36.7. The largest absolute Gasteiger partial charge is 0.432 e. The second-order valence-electron chi connectivity index (χ2n) is 20.4. The Balaban J connectivity index is 1.07. The number of piperidine rings is 2. The van der Waals surface area contributed by atoms with Gasteiger partial charge in [-0.05, 0) is 127 Å². The fourth-order valence-electron chi connectivity index (χ4n) is 11.5. The summed E-state index contributed by atoms with van der Waals surface area (Å²) in [4.78, 5) is 86.4. The van der Waals surface area contributed by atoms with Crippen LogP contribution in [0.25, 0.3) is 0 Å². The summed E-state index contributed by atoms with van der Waals surface area (Å²) in [6.07, 6.45) is 2.96. The Kier molecular flexibility index (Phi) is 20.6. The molecule has 4 saturated heterocycles. The Labute approximate surface area is 450 Å². The predicted octanol–water partition coefficient (Wildman–Crippen LogP) is 4.14. The van der Waals surface area contributed by atoms with Crippen molar-refractivity contribution in [2.45, 2.75) is 152 Å². The summed E-state index contributed by atoms with van der Waals surface area (Å²) in [6, 6.07) is -0.431. The molecule has 78 heavy (non-hydrogen) atoms. The Morgan fingerprint density at radius 2 is 0.833 bits per heavy atom. The maximum absolute atomic E-state index is 14.4. The number of nitrogens with zero attached hydrogens (tertiary/aromatic N) is 4. The fourth-order valence-corrected chi connectivity index (χ4v) is 14.3. The Hall–Kier alpha value is -5.60. The van der Waals surface area contributed by atoms with Crippen molar-refractivity contribution in [1.29, 1.82) is 0 Å². The first kappa shape index (κ1) is 61.6. The number of ether oxygens (including phenoxy) is 2. The Morgan fingerprint density at radius 1 is 0.538 bits per heavy atom. The number of benzene rings is 2. The summed E-state index contributed by atoms with van der Waals surface area (Å²) in [5.41, 5.74) is 7.64. The molecule has 4 fully saturated rings. The number of halogens is 6. The van der Waals surface area contributed by atoms with Gasteiger partial charge >= 0.3 is 11.9 Å². The van der Waals surface area contributed by atoms with Crippen LogP contribution in [0.3, 0.4) is 0 Å². The zero-order valence-corrected chi connectivity index (χ0v) is 45.5. The van der Waals surface area contributed by atoms with Crippen molar-refractivity contribution in [2.24, 2.45) is 23.3 Å². The van der Waals surface area contributed by atoms with Crippen LogP contribution < -0.4 is 11.5 Å². The molecule has 26 heteroatoms. The van der Waals surface area contributed by atoms with Crippen LogP contribution in [0.4, 0.5) is 26.3 Å². The summed E-state index contributed by atoms with van der Waals surface area (Å²) < 4.78 is 150. The van der Waals surface area contributed by atoms with Gasteiger partial charge in [0.05, 0.1) is 11.5 Å². The topological polar surface area (TPSA) is 254 Å². The monoisotopic (exact) mass is 1150 g/mol. The van der Waals surface area contributed by atoms with Crippen molar-refractivity contribution >= 4 is 55.2 Å². The number of hydrogen-bond donors (Lipinski definition) is 2. The molecule has 2 aromatic rings. The van der Waals surface area contributed by atoms with Gasteiger partial charge in [0, 0.05) is 99.6 Å². The molecule has 4 aliphatic rings. The highest BCUT2D eigenvalue weighted by Crippen LogP contribution is 2.42. The highest BCUT2D eigenvalue weighted by atomic mass is 32.2. The molecule has 2 aromatic carbocycles. The van der Waals surface area contributed by atoms with Crippen LogP contribution in [-0.2, 0) is 70.8 Å². The zero-order chi connectivity index (χ0) is 57.6. The van der Waals surface area contributed by atoms with E-state index < -0.39 is 137 Å². The third kappa shape index (κ3) is 14.4. The minimum atomic E-state index is -4.80. The average Bonchev–Trinajstić information content (AvgIpc) is 3.86. The van der Waals surface area contributed by atoms with Crippen LogP contribution in [0.2, 0.25) is 0 Å². The van der Waals surface area contributed by atoms with E-state index in [-0.39, 0.29) is 86.2 Å². The Bertz CT molecular complexity index is 2620. The van der Waals surface area contributed by atoms with Gasteiger partial charge in [0.25, 0.3) is 22.7 Å². The maximum atomic E-state index is 14.4. The van der Waals surface area contributed by atoms with Crippen molar-refractivity contribution in [2.75, 3.05) is 37.7 Å². The van der Waals surface area contributed by atoms with Crippen LogP contribution in [0.1, 0.15) is 103 Å². The molecule has 0 aliphatic carbocycles. The number of carbonyl (C=O) groups is 6. The van der Waals surface area contributed by atoms with Gasteiger partial charge in [0.2, 0.25) is 11.8 Å². The van der Waals surface area contributed by atoms with Gasteiger partial charge in [-0.2, -0.15) is 0 Å². The second kappa shape index (κ2) is 26.1. The van der Waals surface area contributed by atoms with Gasteiger partial charge in [-0.25, -0.2) is 52.8 Å². The van der Waals surface area contributed by atoms with Crippen LogP contribution in [-0.4, -0.2) is 157 Å². The molecular formula is C52H68F6N6O12S2. The first-order valence-electron chi connectivity index (χ1n) is 26.2. The predicted molar refractivity (Wildman–Crippen MR) is 270 cm³/mol. The third-order valence-corrected chi connectivity index (χ3v) is 19.1. The van der Waals surface area contributed by atoms with E-state index >= 15 is 0 Å². The molecule has 4 N–H and O–H groups in total. The normalized spacial score (nSPS) is 22.7. The van der Waals surface area contributed by atoms with Gasteiger partial charge in [-0.1, -0.05) is 0 Å². The molecule has 0 saturated carbocycles. The van der Waals surface area contributed by atoms with Gasteiger partial charge in [0.1, 0.15) is 11.6 Å². The molecule has 10 atom stereocenters. The van der Waals surface area contributed by atoms with E-state index in [1.807, 2.05) is 0 Å². The van der Waals surface area contributed by atoms with E-state index in [1.54, 1.807) is 9.80 Å². The lowest BCUT2D eigenvalue weighted by Crippen LogP contribution is -2.51. The van der Waals surface area contributed by atoms with Crippen molar-refractivity contribution in [1.82, 2.24) is 19.6 Å². The molecule has 2 unspecified atom stereocenters. The summed E-state index contributed by atoms with van der Waals surface area (Å²) in [5.74, 6) is -16.0. The van der Waals surface area contributed by atoms with Crippen LogP contribution >= 0.6 is 0 Å². The number of esters is 2. The minimum absolute atomic E-state index is 0.0209. The quantitative estimate of drug-likeness (QED) is 0.0649. The molecule has 0 aromatic heterocycles. The van der Waals surface area contributed by atoms with E-state index in [1.165, 1.54) is 27.7 Å². The van der Waals surface area contributed by atoms with E-state index in [4.69, 9.17) is 20.9 Å². The molecule has 432 valence electrons. The molecule has 6 rings (SSSR count). The molecule has 0 spiro atoms. The fraction of sp³-hybridized carbons (Fsp3) is 0.615. The third-order valence-electron chi connectivity index (χ3n) is 15.6. The molecule has 4 aliphatic heterocycles. The number of sulfone groups is 2. The first-order valence-corrected chi connectivity index (χ1v) is 29.7. The van der Waals surface area contributed by atoms with E-state index in [0.29, 0.717) is 75.7 Å². The molecule has 4 amide bonds. The van der Waals surface area contributed by atoms with Gasteiger partial charge < -0.3 is 40.5 Å². The number of nitrogens with two attached hydrogens (primary N) is 2. The standard InChI is InChI=1S/C52H68F6N6O12S2/c1-5-61(6-2)49(69)51(77(71,72)17-15-45(65)63-33-9-10-34(63)20-31(19-33)43(59)25-29-23-39(55)41(57)27-37(29)53)75-47(67)13-14-48(68)76-52(50(70)62(7-3)8-4)78(73,74)18-16-46(66)64-35-11-12-36(64)22-32(21-35)44(60)26-30-24-40(56)42(58)28-38(30)54/h13-14,23-24,27-28,31-36,43-44,51-52H,5-12,15-22,25-26,59-60H2,1-4H3/b14-13-/t31-,32-,33+,34-,35+,36-,43-,44-,51?,52?/m1/s1. The summed E-state index contributed by atoms with van der Waals surface area (Å²) in [7, 11) is -9.59. The lowest BCUT2D eigenvalue weighted by molar-refractivity contribution is -0.152. The SMILES string of the molecule is CCN(CC)C(=O)C(OC(=O)/C=C\C(=O)OC(C(=O)N(CC)CC)S(=O)(=O)CCC(=O)N1[C@@H]2CC[C@H]1C[C@@H]([C@H](N)Cc1cc(F)c(F)cc1F)C2)S(=O)(=O)CCC(=O)N1[C@@H]2CC[C@H]1C[C@@H]([C@H](N)Cc1cc(F)c(F)cc1F)C2. The molecule has 4 bridgehead atoms. The van der Waals surface area contributed by atoms with Crippen LogP contribution in [0, 0.1) is 46.7 Å². The number of fused-ring (bicyclic) bond motifs is 4. The zero-order valence-electron chi connectivity index (χ0n) is 43.9. The highest BCUT2D eigenvalue weighted by Gasteiger charge is 2.48. The Morgan fingerprint density at radius 3 is 1.13 bits per heavy atom. The van der Waals surface area contributed by atoms with Crippen molar-refractivity contribution in [3.63, 3.8) is 0 Å². The van der Waals surface area contributed by atoms with E-state index in [9.17, 15) is 71.9 Å². The minimum Gasteiger partial charge on any atom is -0.432 e. The summed E-state index contributed by atoms with van der Waals surface area (Å²) in [5, 5.41) is 0.